The van der Waals surface area contributed by atoms with Gasteiger partial charge in [-0.1, -0.05) is 6.07 Å². The van der Waals surface area contributed by atoms with Crippen LogP contribution in [-0.2, 0) is 11.2 Å². The summed E-state index contributed by atoms with van der Waals surface area (Å²) in [6.07, 6.45) is 0.445. The summed E-state index contributed by atoms with van der Waals surface area (Å²) >= 11 is 1.47. The highest BCUT2D eigenvalue weighted by Crippen LogP contribution is 2.23. The molecule has 0 bridgehead atoms. The topological polar surface area (TPSA) is 69.4 Å². The molecule has 1 aromatic heterocycles. The number of hydrogen-bond acceptors (Lipinski definition) is 5. The van der Waals surface area contributed by atoms with Crippen LogP contribution in [0.3, 0.4) is 0 Å². The minimum atomic E-state index is -1.39. The zero-order valence-electron chi connectivity index (χ0n) is 10.5. The molecule has 2 rings (SSSR count). The molecule has 2 aromatic rings. The van der Waals surface area contributed by atoms with E-state index in [0.717, 1.165) is 4.88 Å². The standard InChI is InChI=1S/C13H9F2NO4S/c14-10-6-9(12(16(18)19)7-11(10)15)13(17)20-4-3-8-2-1-5-21-8/h1-2,5-7H,3-4H2. The first-order chi connectivity index (χ1) is 9.99. The number of halogens is 2. The van der Waals surface area contributed by atoms with Crippen LogP contribution in [0.15, 0.2) is 29.6 Å². The predicted octanol–water partition coefficient (Wildman–Crippen LogP) is 3.33. The van der Waals surface area contributed by atoms with Crippen LogP contribution >= 0.6 is 11.3 Å². The molecule has 0 spiro atoms. The van der Waals surface area contributed by atoms with E-state index in [-0.39, 0.29) is 6.61 Å². The zero-order chi connectivity index (χ0) is 15.4. The Morgan fingerprint density at radius 2 is 2.05 bits per heavy atom. The van der Waals surface area contributed by atoms with Crippen molar-refractivity contribution in [3.05, 3.63) is 61.8 Å². The van der Waals surface area contributed by atoms with E-state index in [0.29, 0.717) is 18.6 Å². The fourth-order valence-electron chi connectivity index (χ4n) is 1.63. The summed E-state index contributed by atoms with van der Waals surface area (Å²) < 4.78 is 31.0. The van der Waals surface area contributed by atoms with Gasteiger partial charge in [-0.3, -0.25) is 10.1 Å². The molecule has 0 aliphatic heterocycles. The molecule has 0 fully saturated rings. The van der Waals surface area contributed by atoms with Crippen LogP contribution in [0.5, 0.6) is 0 Å². The minimum Gasteiger partial charge on any atom is -0.462 e. The lowest BCUT2D eigenvalue weighted by atomic mass is 10.1. The van der Waals surface area contributed by atoms with Crippen molar-refractivity contribution < 1.29 is 23.2 Å². The molecule has 0 N–H and O–H groups in total. The van der Waals surface area contributed by atoms with Crippen LogP contribution in [0, 0.1) is 21.7 Å². The quantitative estimate of drug-likeness (QED) is 0.482. The first-order valence-corrected chi connectivity index (χ1v) is 6.70. The number of benzene rings is 1. The van der Waals surface area contributed by atoms with Gasteiger partial charge in [-0.05, 0) is 17.5 Å². The average Bonchev–Trinajstić information content (AvgIpc) is 2.94. The number of esters is 1. The molecule has 0 saturated carbocycles. The van der Waals surface area contributed by atoms with E-state index >= 15 is 0 Å². The van der Waals surface area contributed by atoms with Crippen LogP contribution in [0.25, 0.3) is 0 Å². The van der Waals surface area contributed by atoms with Gasteiger partial charge in [0, 0.05) is 11.3 Å². The number of rotatable bonds is 5. The highest BCUT2D eigenvalue weighted by molar-refractivity contribution is 7.09. The van der Waals surface area contributed by atoms with Gasteiger partial charge in [-0.15, -0.1) is 11.3 Å². The van der Waals surface area contributed by atoms with Crippen molar-refractivity contribution in [2.45, 2.75) is 6.42 Å². The minimum absolute atomic E-state index is 0.00447. The zero-order valence-corrected chi connectivity index (χ0v) is 11.4. The number of nitro groups is 1. The van der Waals surface area contributed by atoms with Crippen LogP contribution in [0.2, 0.25) is 0 Å². The van der Waals surface area contributed by atoms with Crippen LogP contribution in [0.1, 0.15) is 15.2 Å². The summed E-state index contributed by atoms with van der Waals surface area (Å²) in [5.74, 6) is -3.79. The molecule has 8 heteroatoms. The van der Waals surface area contributed by atoms with E-state index in [4.69, 9.17) is 4.74 Å². The van der Waals surface area contributed by atoms with Gasteiger partial charge < -0.3 is 4.74 Å². The van der Waals surface area contributed by atoms with Crippen LogP contribution in [0.4, 0.5) is 14.5 Å². The van der Waals surface area contributed by atoms with E-state index in [9.17, 15) is 23.7 Å². The maximum Gasteiger partial charge on any atom is 0.345 e. The third-order valence-electron chi connectivity index (χ3n) is 2.62. The summed E-state index contributed by atoms with van der Waals surface area (Å²) in [5.41, 5.74) is -1.43. The SMILES string of the molecule is O=C(OCCc1cccs1)c1cc(F)c(F)cc1[N+](=O)[O-]. The number of nitro benzene ring substituents is 1. The molecule has 0 atom stereocenters. The van der Waals surface area contributed by atoms with Gasteiger partial charge in [0.15, 0.2) is 11.6 Å². The van der Waals surface area contributed by atoms with Gasteiger partial charge in [-0.2, -0.15) is 0 Å². The molecule has 0 saturated heterocycles. The molecule has 110 valence electrons. The Morgan fingerprint density at radius 1 is 1.33 bits per heavy atom. The normalized spacial score (nSPS) is 10.4. The maximum absolute atomic E-state index is 13.1. The molecular weight excluding hydrogens is 304 g/mol. The fraction of sp³-hybridized carbons (Fsp3) is 0.154. The highest BCUT2D eigenvalue weighted by atomic mass is 32.1. The van der Waals surface area contributed by atoms with Crippen molar-refractivity contribution in [3.8, 4) is 0 Å². The van der Waals surface area contributed by atoms with Crippen molar-refractivity contribution >= 4 is 23.0 Å². The monoisotopic (exact) mass is 313 g/mol. The average molecular weight is 313 g/mol. The predicted molar refractivity (Wildman–Crippen MR) is 71.3 cm³/mol. The third kappa shape index (κ3) is 3.60. The Kier molecular flexibility index (Phi) is 4.59. The van der Waals surface area contributed by atoms with Crippen molar-refractivity contribution in [2.75, 3.05) is 6.61 Å². The lowest BCUT2D eigenvalue weighted by Gasteiger charge is -2.05. The molecule has 5 nitrogen and oxygen atoms in total. The summed E-state index contributed by atoms with van der Waals surface area (Å²) in [5, 5.41) is 12.6. The van der Waals surface area contributed by atoms with Gasteiger partial charge in [0.25, 0.3) is 5.69 Å². The van der Waals surface area contributed by atoms with Gasteiger partial charge in [0.2, 0.25) is 0 Å². The lowest BCUT2D eigenvalue weighted by molar-refractivity contribution is -0.385. The Balaban J connectivity index is 2.11. The van der Waals surface area contributed by atoms with Crippen molar-refractivity contribution in [3.63, 3.8) is 0 Å². The van der Waals surface area contributed by atoms with E-state index in [1.165, 1.54) is 11.3 Å². The Bertz CT molecular complexity index is 673. The first-order valence-electron chi connectivity index (χ1n) is 5.82. The van der Waals surface area contributed by atoms with E-state index in [2.05, 4.69) is 0 Å². The van der Waals surface area contributed by atoms with Crippen molar-refractivity contribution in [2.24, 2.45) is 0 Å². The number of ether oxygens (including phenoxy) is 1. The fourth-order valence-corrected chi connectivity index (χ4v) is 2.32. The second kappa shape index (κ2) is 6.40. The number of carbonyl (C=O) groups is 1. The van der Waals surface area contributed by atoms with E-state index in [1.807, 2.05) is 17.5 Å². The molecule has 0 radical (unpaired) electrons. The van der Waals surface area contributed by atoms with Gasteiger partial charge >= 0.3 is 5.97 Å². The summed E-state index contributed by atoms with van der Waals surface area (Å²) in [4.78, 5) is 22.5. The summed E-state index contributed by atoms with van der Waals surface area (Å²) in [6.45, 7) is -0.00447. The second-order valence-electron chi connectivity index (χ2n) is 4.01. The lowest BCUT2D eigenvalue weighted by Crippen LogP contribution is -2.11. The Labute approximate surface area is 121 Å². The van der Waals surface area contributed by atoms with Crippen LogP contribution < -0.4 is 0 Å². The van der Waals surface area contributed by atoms with Crippen LogP contribution in [-0.4, -0.2) is 17.5 Å². The highest BCUT2D eigenvalue weighted by Gasteiger charge is 2.25. The van der Waals surface area contributed by atoms with Gasteiger partial charge in [-0.25, -0.2) is 13.6 Å². The van der Waals surface area contributed by atoms with Crippen molar-refractivity contribution in [1.82, 2.24) is 0 Å². The number of nitrogens with zero attached hydrogens (tertiary/aromatic N) is 1. The molecule has 0 amide bonds. The number of thiophene rings is 1. The Morgan fingerprint density at radius 3 is 2.67 bits per heavy atom. The molecule has 0 aliphatic rings. The molecule has 1 heterocycles. The van der Waals surface area contributed by atoms with E-state index < -0.39 is 33.8 Å². The molecule has 0 unspecified atom stereocenters. The molecule has 1 aromatic carbocycles. The van der Waals surface area contributed by atoms with Gasteiger partial charge in [0.1, 0.15) is 5.56 Å². The summed E-state index contributed by atoms with van der Waals surface area (Å²) in [6, 6.07) is 4.52. The largest absolute Gasteiger partial charge is 0.462 e. The Hall–Kier alpha value is -2.35. The summed E-state index contributed by atoms with van der Waals surface area (Å²) in [7, 11) is 0. The van der Waals surface area contributed by atoms with E-state index in [1.54, 1.807) is 0 Å². The maximum atomic E-state index is 13.1. The van der Waals surface area contributed by atoms with Gasteiger partial charge in [0.05, 0.1) is 17.6 Å². The molecular formula is C13H9F2NO4S. The third-order valence-corrected chi connectivity index (χ3v) is 3.55. The second-order valence-corrected chi connectivity index (χ2v) is 5.04. The number of carbonyl (C=O) groups excluding carboxylic acids is 1. The molecule has 0 aliphatic carbocycles. The van der Waals surface area contributed by atoms with Crippen molar-refractivity contribution in [1.29, 1.82) is 0 Å². The number of hydrogen-bond donors (Lipinski definition) is 0. The smallest absolute Gasteiger partial charge is 0.345 e. The first kappa shape index (κ1) is 15.0. The molecule has 21 heavy (non-hydrogen) atoms.